The van der Waals surface area contributed by atoms with Crippen molar-refractivity contribution in [3.63, 3.8) is 0 Å². The fourth-order valence-corrected chi connectivity index (χ4v) is 4.59. The summed E-state index contributed by atoms with van der Waals surface area (Å²) in [4.78, 5) is 12.2. The van der Waals surface area contributed by atoms with Gasteiger partial charge in [0.05, 0.1) is 16.6 Å². The molecule has 0 spiro atoms. The van der Waals surface area contributed by atoms with Crippen LogP contribution in [-0.2, 0) is 29.4 Å². The highest BCUT2D eigenvalue weighted by molar-refractivity contribution is 7.84. The highest BCUT2D eigenvalue weighted by Gasteiger charge is 2.17. The Morgan fingerprint density at radius 3 is 2.85 bits per heavy atom. The van der Waals surface area contributed by atoms with Crippen molar-refractivity contribution in [2.75, 3.05) is 0 Å². The second-order valence-corrected chi connectivity index (χ2v) is 7.22. The highest BCUT2D eigenvalue weighted by atomic mass is 32.2. The summed E-state index contributed by atoms with van der Waals surface area (Å²) in [5, 5.41) is 10.8. The van der Waals surface area contributed by atoms with Crippen LogP contribution in [0, 0.1) is 0 Å². The molecule has 0 aliphatic heterocycles. The summed E-state index contributed by atoms with van der Waals surface area (Å²) >= 11 is 1.18. The number of fused-ring (bicyclic) bond motifs is 1. The van der Waals surface area contributed by atoms with Crippen LogP contribution in [0.1, 0.15) is 32.8 Å². The lowest BCUT2D eigenvalue weighted by Crippen LogP contribution is -2.02. The van der Waals surface area contributed by atoms with Gasteiger partial charge >= 0.3 is 5.97 Å². The smallest absolute Gasteiger partial charge is 0.346 e. The minimum atomic E-state index is -1.19. The summed E-state index contributed by atoms with van der Waals surface area (Å²) in [6.07, 6.45) is 3.33. The summed E-state index contributed by atoms with van der Waals surface area (Å²) in [7, 11) is -1.19. The van der Waals surface area contributed by atoms with Crippen molar-refractivity contribution in [1.82, 2.24) is 0 Å². The Balaban J connectivity index is 1.83. The normalized spacial score (nSPS) is 15.0. The lowest BCUT2D eigenvalue weighted by atomic mass is 10.1. The number of hydrogen-bond donors (Lipinski definition) is 1. The van der Waals surface area contributed by atoms with Gasteiger partial charge in [-0.1, -0.05) is 6.07 Å². The molecule has 1 N–H and O–H groups in total. The summed E-state index contributed by atoms with van der Waals surface area (Å²) in [6.45, 7) is 0. The molecule has 1 atom stereocenters. The zero-order valence-electron chi connectivity index (χ0n) is 10.8. The number of benzene rings is 1. The lowest BCUT2D eigenvalue weighted by molar-refractivity contribution is 0.0701. The minimum Gasteiger partial charge on any atom is -0.477 e. The molecule has 5 heteroatoms. The Kier molecular flexibility index (Phi) is 3.72. The van der Waals surface area contributed by atoms with E-state index in [1.165, 1.54) is 28.9 Å². The van der Waals surface area contributed by atoms with Crippen molar-refractivity contribution in [3.8, 4) is 0 Å². The zero-order valence-corrected chi connectivity index (χ0v) is 12.4. The van der Waals surface area contributed by atoms with Gasteiger partial charge in [-0.2, -0.15) is 0 Å². The van der Waals surface area contributed by atoms with Crippen molar-refractivity contribution in [2.24, 2.45) is 0 Å². The van der Waals surface area contributed by atoms with Gasteiger partial charge < -0.3 is 5.11 Å². The monoisotopic (exact) mass is 306 g/mol. The van der Waals surface area contributed by atoms with Gasteiger partial charge in [0.15, 0.2) is 0 Å². The third-order valence-corrected chi connectivity index (χ3v) is 5.86. The predicted octanol–water partition coefficient (Wildman–Crippen LogP) is 3.24. The van der Waals surface area contributed by atoms with Gasteiger partial charge in [-0.05, 0) is 59.5 Å². The number of hydrogen-bond acceptors (Lipinski definition) is 3. The van der Waals surface area contributed by atoms with Crippen LogP contribution in [0.4, 0.5) is 0 Å². The molecule has 1 aromatic carbocycles. The Bertz CT molecular complexity index is 688. The Morgan fingerprint density at radius 1 is 1.25 bits per heavy atom. The van der Waals surface area contributed by atoms with Crippen LogP contribution in [0.15, 0.2) is 34.5 Å². The first-order chi connectivity index (χ1) is 9.65. The maximum Gasteiger partial charge on any atom is 0.346 e. The van der Waals surface area contributed by atoms with E-state index in [9.17, 15) is 9.00 Å². The first kappa shape index (κ1) is 13.5. The average molecular weight is 306 g/mol. The van der Waals surface area contributed by atoms with Crippen LogP contribution in [0.5, 0.6) is 0 Å². The van der Waals surface area contributed by atoms with Crippen molar-refractivity contribution >= 4 is 28.1 Å². The molecule has 0 saturated heterocycles. The van der Waals surface area contributed by atoms with E-state index in [2.05, 4.69) is 6.07 Å². The minimum absolute atomic E-state index is 0.268. The van der Waals surface area contributed by atoms with Crippen molar-refractivity contribution in [3.05, 3.63) is 51.2 Å². The molecule has 0 saturated carbocycles. The number of aromatic carboxylic acids is 1. The average Bonchev–Trinajstić information content (AvgIpc) is 3.05. The molecule has 0 fully saturated rings. The van der Waals surface area contributed by atoms with Crippen LogP contribution in [0.2, 0.25) is 0 Å². The number of thiophene rings is 1. The fraction of sp³-hybridized carbons (Fsp3) is 0.267. The summed E-state index contributed by atoms with van der Waals surface area (Å²) in [6, 6.07) is 7.74. The third-order valence-electron chi connectivity index (χ3n) is 3.56. The van der Waals surface area contributed by atoms with Gasteiger partial charge in [0.25, 0.3) is 0 Å². The van der Waals surface area contributed by atoms with Gasteiger partial charge in [-0.3, -0.25) is 4.21 Å². The van der Waals surface area contributed by atoms with E-state index in [0.29, 0.717) is 10.4 Å². The first-order valence-corrected chi connectivity index (χ1v) is 8.65. The molecular weight excluding hydrogens is 292 g/mol. The zero-order chi connectivity index (χ0) is 14.1. The second-order valence-electron chi connectivity index (χ2n) is 4.85. The molecule has 104 valence electrons. The maximum absolute atomic E-state index is 12.4. The first-order valence-electron chi connectivity index (χ1n) is 6.45. The SMILES string of the molecule is O=C(O)c1sccc1CS(=O)c1ccc2c(c1)CCC2. The molecule has 20 heavy (non-hydrogen) atoms. The molecule has 0 amide bonds. The number of carboxylic acid groups (broad SMARTS) is 1. The summed E-state index contributed by atoms with van der Waals surface area (Å²) < 4.78 is 12.4. The molecule has 3 rings (SSSR count). The van der Waals surface area contributed by atoms with Gasteiger partial charge in [-0.15, -0.1) is 11.3 Å². The van der Waals surface area contributed by atoms with E-state index in [4.69, 9.17) is 5.11 Å². The van der Waals surface area contributed by atoms with E-state index in [-0.39, 0.29) is 5.75 Å². The fourth-order valence-electron chi connectivity index (χ4n) is 2.55. The van der Waals surface area contributed by atoms with Crippen LogP contribution in [-0.4, -0.2) is 15.3 Å². The van der Waals surface area contributed by atoms with Gasteiger partial charge in [-0.25, -0.2) is 4.79 Å². The highest BCUT2D eigenvalue weighted by Crippen LogP contribution is 2.26. The van der Waals surface area contributed by atoms with Crippen LogP contribution in [0.3, 0.4) is 0 Å². The Hall–Kier alpha value is -1.46. The Labute approximate surface area is 123 Å². The molecule has 0 bridgehead atoms. The summed E-state index contributed by atoms with van der Waals surface area (Å²) in [5.74, 6) is -0.676. The topological polar surface area (TPSA) is 54.4 Å². The maximum atomic E-state index is 12.4. The quantitative estimate of drug-likeness (QED) is 0.943. The molecule has 1 aliphatic rings. The van der Waals surface area contributed by atoms with Gasteiger partial charge in [0, 0.05) is 4.90 Å². The van der Waals surface area contributed by atoms with E-state index in [0.717, 1.165) is 17.7 Å². The molecule has 1 aromatic heterocycles. The van der Waals surface area contributed by atoms with Crippen molar-refractivity contribution in [2.45, 2.75) is 29.9 Å². The van der Waals surface area contributed by atoms with Gasteiger partial charge in [0.1, 0.15) is 4.88 Å². The molecule has 2 aromatic rings. The van der Waals surface area contributed by atoms with Crippen LogP contribution >= 0.6 is 11.3 Å². The molecule has 3 nitrogen and oxygen atoms in total. The number of carbonyl (C=O) groups is 1. The standard InChI is InChI=1S/C15H14O3S2/c16-15(17)14-12(6-7-19-14)9-20(18)13-5-4-10-2-1-3-11(10)8-13/h4-8H,1-3,9H2,(H,16,17). The number of aryl methyl sites for hydroxylation is 2. The molecule has 1 unspecified atom stereocenters. The predicted molar refractivity (Wildman–Crippen MR) is 79.9 cm³/mol. The Morgan fingerprint density at radius 2 is 2.05 bits per heavy atom. The third kappa shape index (κ3) is 2.55. The molecule has 0 radical (unpaired) electrons. The van der Waals surface area contributed by atoms with Crippen LogP contribution in [0.25, 0.3) is 0 Å². The van der Waals surface area contributed by atoms with E-state index in [1.807, 2.05) is 12.1 Å². The molecule has 1 heterocycles. The molecular formula is C15H14O3S2. The van der Waals surface area contributed by atoms with Gasteiger partial charge in [0.2, 0.25) is 0 Å². The van der Waals surface area contributed by atoms with Crippen molar-refractivity contribution < 1.29 is 14.1 Å². The number of carboxylic acids is 1. The number of rotatable bonds is 4. The second kappa shape index (κ2) is 5.50. The lowest BCUT2D eigenvalue weighted by Gasteiger charge is -2.05. The van der Waals surface area contributed by atoms with E-state index >= 15 is 0 Å². The van der Waals surface area contributed by atoms with Crippen molar-refractivity contribution in [1.29, 1.82) is 0 Å². The largest absolute Gasteiger partial charge is 0.477 e. The molecule has 1 aliphatic carbocycles. The van der Waals surface area contributed by atoms with E-state index < -0.39 is 16.8 Å². The summed E-state index contributed by atoms with van der Waals surface area (Å²) in [5.41, 5.74) is 3.30. The van der Waals surface area contributed by atoms with Crippen LogP contribution < -0.4 is 0 Å². The van der Waals surface area contributed by atoms with E-state index in [1.54, 1.807) is 11.4 Å².